The van der Waals surface area contributed by atoms with E-state index in [9.17, 15) is 53.2 Å². The molecule has 0 aliphatic heterocycles. The molecule has 1 unspecified atom stereocenters. The van der Waals surface area contributed by atoms with Crippen molar-refractivity contribution in [2.45, 2.75) is 37.9 Å². The van der Waals surface area contributed by atoms with Crippen molar-refractivity contribution >= 4 is 21.0 Å². The third-order valence-electron chi connectivity index (χ3n) is 5.26. The first-order valence-corrected chi connectivity index (χ1v) is 13.4. The van der Waals surface area contributed by atoms with Crippen molar-refractivity contribution in [3.63, 3.8) is 0 Å². The molecule has 0 aliphatic rings. The van der Waals surface area contributed by atoms with Gasteiger partial charge in [-0.3, -0.25) is 0 Å². The summed E-state index contributed by atoms with van der Waals surface area (Å²) in [4.78, 5) is 1.81. The van der Waals surface area contributed by atoms with Crippen LogP contribution in [0.1, 0.15) is 0 Å². The third kappa shape index (κ3) is 6.97. The molecule has 3 aromatic rings. The fourth-order valence-corrected chi connectivity index (χ4v) is 5.33. The van der Waals surface area contributed by atoms with E-state index in [1.165, 1.54) is 36.4 Å². The average molecular weight is 619 g/mol. The van der Waals surface area contributed by atoms with Gasteiger partial charge in [0.15, 0.2) is 31.4 Å². The van der Waals surface area contributed by atoms with Gasteiger partial charge >= 0.3 is 17.6 Å². The molecule has 3 rings (SSSR count). The zero-order chi connectivity index (χ0) is 30.0. The lowest BCUT2D eigenvalue weighted by Crippen LogP contribution is -2.60. The van der Waals surface area contributed by atoms with Crippen LogP contribution in [0, 0.1) is 0 Å². The lowest BCUT2D eigenvalue weighted by Gasteiger charge is -2.31. The average Bonchev–Trinajstić information content (AvgIpc) is 2.86. The van der Waals surface area contributed by atoms with Crippen LogP contribution in [0.15, 0.2) is 93.5 Å². The Balaban J connectivity index is 1.85. The van der Waals surface area contributed by atoms with Crippen LogP contribution in [0.4, 0.5) is 35.1 Å². The highest BCUT2D eigenvalue weighted by Crippen LogP contribution is 2.43. The van der Waals surface area contributed by atoms with E-state index in [2.05, 4.69) is 4.74 Å². The largest absolute Gasteiger partial charge is 0.743 e. The smallest absolute Gasteiger partial charge is 0.429 e. The summed E-state index contributed by atoms with van der Waals surface area (Å²) in [5, 5.41) is 4.61. The first kappa shape index (κ1) is 31.4. The molecule has 0 heterocycles. The highest BCUT2D eigenvalue weighted by atomic mass is 32.2. The minimum absolute atomic E-state index is 0.172. The van der Waals surface area contributed by atoms with Crippen molar-refractivity contribution in [1.82, 2.24) is 0 Å². The number of hydrogen-bond donors (Lipinski definition) is 1. The van der Waals surface area contributed by atoms with Gasteiger partial charge in [0.05, 0.1) is 10.9 Å². The van der Waals surface area contributed by atoms with Gasteiger partial charge in [-0.25, -0.2) is 8.42 Å². The van der Waals surface area contributed by atoms with Gasteiger partial charge in [0.2, 0.25) is 0 Å². The zero-order valence-electron chi connectivity index (χ0n) is 19.7. The van der Waals surface area contributed by atoms with E-state index in [1.807, 2.05) is 0 Å². The van der Waals surface area contributed by atoms with Crippen LogP contribution < -0.4 is 9.47 Å². The number of ether oxygens (including phenoxy) is 2. The normalized spacial score (nSPS) is 14.1. The highest BCUT2D eigenvalue weighted by molar-refractivity contribution is 7.97. The number of hydrogen-bond acceptors (Lipinski definition) is 6. The van der Waals surface area contributed by atoms with Crippen LogP contribution in [0.5, 0.6) is 11.5 Å². The predicted octanol–water partition coefficient (Wildman–Crippen LogP) is 5.53. The number of halogens is 8. The summed E-state index contributed by atoms with van der Waals surface area (Å²) < 4.78 is 145. The molecular formula is C24H18F8O6S2. The van der Waals surface area contributed by atoms with Gasteiger partial charge in [0.1, 0.15) is 18.1 Å². The summed E-state index contributed by atoms with van der Waals surface area (Å²) in [7, 11) is -6.87. The fraction of sp³-hybridized carbons (Fsp3) is 0.250. The summed E-state index contributed by atoms with van der Waals surface area (Å²) in [6, 6.07) is 19.1. The van der Waals surface area contributed by atoms with Gasteiger partial charge in [-0.05, 0) is 60.7 Å². The zero-order valence-corrected chi connectivity index (χ0v) is 21.4. The molecule has 218 valence electrons. The summed E-state index contributed by atoms with van der Waals surface area (Å²) in [5.74, 6) is -0.556. The first-order valence-electron chi connectivity index (χ1n) is 10.8. The van der Waals surface area contributed by atoms with Gasteiger partial charge in [-0.1, -0.05) is 18.2 Å². The van der Waals surface area contributed by atoms with Gasteiger partial charge in [0.25, 0.3) is 5.60 Å². The first-order chi connectivity index (χ1) is 18.4. The minimum Gasteiger partial charge on any atom is -0.743 e. The van der Waals surface area contributed by atoms with E-state index in [4.69, 9.17) is 4.74 Å². The minimum atomic E-state index is -6.04. The Labute approximate surface area is 225 Å². The Bertz CT molecular complexity index is 1360. The molecule has 0 spiro atoms. The maximum absolute atomic E-state index is 13.4. The molecule has 16 heteroatoms. The molecule has 3 aromatic carbocycles. The van der Waals surface area contributed by atoms with E-state index < -0.39 is 57.4 Å². The Morgan fingerprint density at radius 1 is 0.650 bits per heavy atom. The van der Waals surface area contributed by atoms with Crippen molar-refractivity contribution in [2.75, 3.05) is 13.2 Å². The summed E-state index contributed by atoms with van der Waals surface area (Å²) in [6.45, 7) is -3.83. The molecule has 0 saturated carbocycles. The van der Waals surface area contributed by atoms with Crippen molar-refractivity contribution < 1.29 is 62.7 Å². The van der Waals surface area contributed by atoms with Crippen molar-refractivity contribution in [3.05, 3.63) is 78.9 Å². The topological polar surface area (TPSA) is 95.9 Å². The summed E-state index contributed by atoms with van der Waals surface area (Å²) >= 11 is 0. The summed E-state index contributed by atoms with van der Waals surface area (Å²) in [6.07, 6.45) is -12.1. The number of benzene rings is 3. The fourth-order valence-electron chi connectivity index (χ4n) is 3.06. The molecule has 1 N–H and O–H groups in total. The predicted molar refractivity (Wildman–Crippen MR) is 124 cm³/mol. The maximum atomic E-state index is 13.4. The number of rotatable bonds is 10. The van der Waals surface area contributed by atoms with E-state index in [1.54, 1.807) is 30.3 Å². The number of alkyl halides is 8. The second-order valence-corrected chi connectivity index (χ2v) is 11.6. The van der Waals surface area contributed by atoms with Crippen LogP contribution in [0.25, 0.3) is 0 Å². The maximum Gasteiger partial charge on any atom is 0.429 e. The van der Waals surface area contributed by atoms with Crippen molar-refractivity contribution in [3.8, 4) is 11.5 Å². The highest BCUT2D eigenvalue weighted by Gasteiger charge is 2.71. The molecule has 6 nitrogen and oxygen atoms in total. The standard InChI is InChI=1S/C24H18F8O6S2/c25-22(26,40(34,35)36)15-38-17-8-12-20(13-9-17)39(18-4-2-1-3-5-18)19-10-6-16(7-11-19)37-14-21(33,23(27,28)29)24(30,31)32/h1-13,33H,14-15H2. The lowest BCUT2D eigenvalue weighted by atomic mass is 10.0. The second kappa shape index (κ2) is 11.4. The SMILES string of the molecule is O=S(=O)([O-])C(F)(F)COc1ccc([S+](c2ccccc2)c2ccc(OCC(O)(C(F)(F)F)C(F)(F)F)cc2)cc1. The Morgan fingerprint density at radius 3 is 1.40 bits per heavy atom. The molecule has 0 aliphatic carbocycles. The molecule has 0 bridgehead atoms. The van der Waals surface area contributed by atoms with Gasteiger partial charge in [-0.2, -0.15) is 35.1 Å². The van der Waals surface area contributed by atoms with E-state index in [-0.39, 0.29) is 11.5 Å². The van der Waals surface area contributed by atoms with Gasteiger partial charge < -0.3 is 19.1 Å². The molecule has 0 aromatic heterocycles. The lowest BCUT2D eigenvalue weighted by molar-refractivity contribution is -0.373. The Hall–Kier alpha value is -3.08. The van der Waals surface area contributed by atoms with Crippen molar-refractivity contribution in [1.29, 1.82) is 0 Å². The second-order valence-electron chi connectivity index (χ2n) is 8.09. The molecule has 1 atom stereocenters. The van der Waals surface area contributed by atoms with E-state index >= 15 is 0 Å². The van der Waals surface area contributed by atoms with Crippen LogP contribution in [-0.4, -0.2) is 54.5 Å². The van der Waals surface area contributed by atoms with Crippen molar-refractivity contribution in [2.24, 2.45) is 0 Å². The molecule has 0 fully saturated rings. The molecule has 0 saturated heterocycles. The van der Waals surface area contributed by atoms with E-state index in [0.717, 1.165) is 17.0 Å². The van der Waals surface area contributed by atoms with Crippen LogP contribution in [0.3, 0.4) is 0 Å². The number of aliphatic hydroxyl groups is 1. The Morgan fingerprint density at radius 2 is 1.02 bits per heavy atom. The Kier molecular flexibility index (Phi) is 8.98. The monoisotopic (exact) mass is 618 g/mol. The van der Waals surface area contributed by atoms with Crippen LogP contribution >= 0.6 is 0 Å². The third-order valence-corrected chi connectivity index (χ3v) is 8.34. The van der Waals surface area contributed by atoms with E-state index in [0.29, 0.717) is 9.79 Å². The quantitative estimate of drug-likeness (QED) is 0.182. The van der Waals surface area contributed by atoms with Gasteiger partial charge in [0, 0.05) is 0 Å². The van der Waals surface area contributed by atoms with Crippen LogP contribution in [0.2, 0.25) is 0 Å². The molecular weight excluding hydrogens is 600 g/mol. The molecule has 40 heavy (non-hydrogen) atoms. The van der Waals surface area contributed by atoms with Crippen LogP contribution in [-0.2, 0) is 21.0 Å². The molecule has 0 radical (unpaired) electrons. The van der Waals surface area contributed by atoms with Gasteiger partial charge in [-0.15, -0.1) is 0 Å². The summed E-state index contributed by atoms with van der Waals surface area (Å²) in [5.41, 5.74) is -5.08. The molecule has 0 amide bonds.